The number of carbonyl (C=O) groups is 1. The van der Waals surface area contributed by atoms with Crippen molar-refractivity contribution in [1.82, 2.24) is 29.9 Å². The second-order valence-electron chi connectivity index (χ2n) is 6.98. The Labute approximate surface area is 145 Å². The van der Waals surface area contributed by atoms with Gasteiger partial charge in [0.1, 0.15) is 5.82 Å². The van der Waals surface area contributed by atoms with Gasteiger partial charge >= 0.3 is 5.69 Å². The van der Waals surface area contributed by atoms with E-state index in [1.165, 1.54) is 0 Å². The normalized spacial score (nSPS) is 21.3. The molecule has 2 aromatic heterocycles. The van der Waals surface area contributed by atoms with E-state index in [2.05, 4.69) is 20.4 Å². The Kier molecular flexibility index (Phi) is 4.19. The van der Waals surface area contributed by atoms with E-state index in [9.17, 15) is 9.59 Å². The van der Waals surface area contributed by atoms with Crippen molar-refractivity contribution in [2.24, 2.45) is 0 Å². The van der Waals surface area contributed by atoms with Gasteiger partial charge in [0.05, 0.1) is 12.1 Å². The summed E-state index contributed by atoms with van der Waals surface area (Å²) in [7, 11) is 0. The second-order valence-corrected chi connectivity index (χ2v) is 6.98. The zero-order valence-corrected chi connectivity index (χ0v) is 14.5. The highest BCUT2D eigenvalue weighted by Crippen LogP contribution is 2.34. The predicted molar refractivity (Wildman–Crippen MR) is 91.3 cm³/mol. The molecule has 1 aliphatic carbocycles. The molecule has 2 aromatic rings. The van der Waals surface area contributed by atoms with E-state index in [-0.39, 0.29) is 23.4 Å². The minimum Gasteiger partial charge on any atom is -0.342 e. The van der Waals surface area contributed by atoms with Crippen LogP contribution in [0.25, 0.3) is 0 Å². The molecule has 1 saturated heterocycles. The number of H-pyrrole nitrogens is 2. The van der Waals surface area contributed by atoms with Crippen LogP contribution >= 0.6 is 0 Å². The Balaban J connectivity index is 1.44. The third kappa shape index (κ3) is 2.79. The van der Waals surface area contributed by atoms with Crippen molar-refractivity contribution < 1.29 is 4.79 Å². The van der Waals surface area contributed by atoms with Crippen molar-refractivity contribution >= 4 is 5.91 Å². The fraction of sp³-hybridized carbons (Fsp3) is 0.647. The Morgan fingerprint density at radius 3 is 2.84 bits per heavy atom. The van der Waals surface area contributed by atoms with Crippen LogP contribution < -0.4 is 5.69 Å². The molecule has 1 fully saturated rings. The summed E-state index contributed by atoms with van der Waals surface area (Å²) in [4.78, 5) is 26.7. The average molecular weight is 344 g/mol. The molecule has 0 saturated carbocycles. The quantitative estimate of drug-likeness (QED) is 0.872. The van der Waals surface area contributed by atoms with Crippen LogP contribution in [0.5, 0.6) is 0 Å². The first-order valence-corrected chi connectivity index (χ1v) is 9.15. The average Bonchev–Trinajstić information content (AvgIpc) is 3.27. The monoisotopic (exact) mass is 344 g/mol. The molecule has 2 aliphatic rings. The molecule has 1 atom stereocenters. The highest BCUT2D eigenvalue weighted by molar-refractivity contribution is 5.84. The number of aryl methyl sites for hydroxylation is 1. The van der Waals surface area contributed by atoms with E-state index in [1.807, 2.05) is 18.0 Å². The Morgan fingerprint density at radius 1 is 1.28 bits per heavy atom. The van der Waals surface area contributed by atoms with E-state index >= 15 is 0 Å². The fourth-order valence-electron chi connectivity index (χ4n) is 4.24. The van der Waals surface area contributed by atoms with Gasteiger partial charge in [-0.3, -0.25) is 14.5 Å². The summed E-state index contributed by atoms with van der Waals surface area (Å²) in [5, 5.41) is 13.9. The van der Waals surface area contributed by atoms with Crippen LogP contribution in [0, 0.1) is 0 Å². The lowest BCUT2D eigenvalue weighted by Gasteiger charge is -2.34. The van der Waals surface area contributed by atoms with E-state index in [4.69, 9.17) is 0 Å². The lowest BCUT2D eigenvalue weighted by molar-refractivity contribution is -0.134. The summed E-state index contributed by atoms with van der Waals surface area (Å²) >= 11 is 0. The van der Waals surface area contributed by atoms with Crippen LogP contribution in [0.3, 0.4) is 0 Å². The number of amides is 1. The van der Waals surface area contributed by atoms with Gasteiger partial charge in [0, 0.05) is 36.8 Å². The van der Waals surface area contributed by atoms with Crippen LogP contribution in [-0.4, -0.2) is 48.9 Å². The van der Waals surface area contributed by atoms with Crippen molar-refractivity contribution in [2.45, 2.75) is 57.4 Å². The second kappa shape index (κ2) is 6.50. The van der Waals surface area contributed by atoms with E-state index in [0.717, 1.165) is 62.3 Å². The topological polar surface area (TPSA) is 99.7 Å². The summed E-state index contributed by atoms with van der Waals surface area (Å²) < 4.78 is 1.70. The van der Waals surface area contributed by atoms with Gasteiger partial charge in [-0.05, 0) is 39.0 Å². The lowest BCUT2D eigenvalue weighted by Crippen LogP contribution is -2.41. The molecule has 3 heterocycles. The summed E-state index contributed by atoms with van der Waals surface area (Å²) in [6.07, 6.45) is 6.42. The zero-order chi connectivity index (χ0) is 17.4. The number of likely N-dealkylation sites (tertiary alicyclic amines) is 1. The minimum atomic E-state index is -0.148. The van der Waals surface area contributed by atoms with Crippen LogP contribution in [0.1, 0.15) is 61.5 Å². The predicted octanol–water partition coefficient (Wildman–Crippen LogP) is 1.14. The molecule has 8 nitrogen and oxygen atoms in total. The number of hydrogen-bond donors (Lipinski definition) is 2. The summed E-state index contributed by atoms with van der Waals surface area (Å²) in [5.41, 5.74) is 2.04. The maximum Gasteiger partial charge on any atom is 0.343 e. The number of nitrogens with one attached hydrogen (secondary N) is 2. The van der Waals surface area contributed by atoms with Gasteiger partial charge in [0.25, 0.3) is 0 Å². The maximum atomic E-state index is 13.0. The van der Waals surface area contributed by atoms with Crippen molar-refractivity contribution in [3.63, 3.8) is 0 Å². The standard InChI is InChI=1S/C17H24N6O2/c1-2-23-15(20-21-17(23)25)11-6-8-22(9-7-11)16(24)12-4-3-5-14-13(12)10-18-19-14/h10-12H,2-9H2,1H3,(H,18,19)(H,21,25). The summed E-state index contributed by atoms with van der Waals surface area (Å²) in [6, 6.07) is 0. The van der Waals surface area contributed by atoms with Crippen molar-refractivity contribution in [2.75, 3.05) is 13.1 Å². The largest absolute Gasteiger partial charge is 0.343 e. The van der Waals surface area contributed by atoms with Gasteiger partial charge in [0.15, 0.2) is 0 Å². The third-order valence-electron chi connectivity index (χ3n) is 5.62. The molecule has 0 bridgehead atoms. The molecule has 1 aliphatic heterocycles. The summed E-state index contributed by atoms with van der Waals surface area (Å²) in [6.45, 7) is 4.01. The molecule has 25 heavy (non-hydrogen) atoms. The Bertz CT molecular complexity index is 811. The van der Waals surface area contributed by atoms with Gasteiger partial charge in [-0.15, -0.1) is 0 Å². The third-order valence-corrected chi connectivity index (χ3v) is 5.62. The number of rotatable bonds is 3. The maximum absolute atomic E-state index is 13.0. The van der Waals surface area contributed by atoms with Gasteiger partial charge in [-0.1, -0.05) is 0 Å². The highest BCUT2D eigenvalue weighted by Gasteiger charge is 2.34. The molecule has 0 aromatic carbocycles. The molecule has 0 spiro atoms. The summed E-state index contributed by atoms with van der Waals surface area (Å²) in [5.74, 6) is 1.22. The Hall–Kier alpha value is -2.38. The number of fused-ring (bicyclic) bond motifs is 1. The van der Waals surface area contributed by atoms with Gasteiger partial charge in [0.2, 0.25) is 5.91 Å². The van der Waals surface area contributed by atoms with Crippen molar-refractivity contribution in [3.05, 3.63) is 33.8 Å². The lowest BCUT2D eigenvalue weighted by atomic mass is 9.85. The van der Waals surface area contributed by atoms with E-state index in [0.29, 0.717) is 6.54 Å². The van der Waals surface area contributed by atoms with E-state index in [1.54, 1.807) is 4.57 Å². The molecule has 4 rings (SSSR count). The van der Waals surface area contributed by atoms with Gasteiger partial charge in [-0.2, -0.15) is 10.2 Å². The number of hydrogen-bond acceptors (Lipinski definition) is 4. The van der Waals surface area contributed by atoms with Crippen LogP contribution in [0.2, 0.25) is 0 Å². The molecule has 1 unspecified atom stereocenters. The Morgan fingerprint density at radius 2 is 2.08 bits per heavy atom. The zero-order valence-electron chi connectivity index (χ0n) is 14.5. The fourth-order valence-corrected chi connectivity index (χ4v) is 4.24. The minimum absolute atomic E-state index is 0.0572. The molecule has 1 amide bonds. The first-order valence-electron chi connectivity index (χ1n) is 9.15. The van der Waals surface area contributed by atoms with E-state index < -0.39 is 0 Å². The van der Waals surface area contributed by atoms with Gasteiger partial charge in [-0.25, -0.2) is 9.89 Å². The first-order chi connectivity index (χ1) is 12.2. The van der Waals surface area contributed by atoms with Crippen molar-refractivity contribution in [1.29, 1.82) is 0 Å². The van der Waals surface area contributed by atoms with Crippen LogP contribution in [0.4, 0.5) is 0 Å². The molecule has 134 valence electrons. The molecular formula is C17H24N6O2. The number of carbonyl (C=O) groups excluding carboxylic acids is 1. The number of nitrogens with zero attached hydrogens (tertiary/aromatic N) is 4. The number of aromatic amines is 2. The smallest absolute Gasteiger partial charge is 0.342 e. The molecule has 8 heteroatoms. The molecule has 2 N–H and O–H groups in total. The first kappa shape index (κ1) is 16.1. The molecular weight excluding hydrogens is 320 g/mol. The molecule has 0 radical (unpaired) electrons. The number of piperidine rings is 1. The van der Waals surface area contributed by atoms with Crippen LogP contribution in [0.15, 0.2) is 11.0 Å². The van der Waals surface area contributed by atoms with Gasteiger partial charge < -0.3 is 4.90 Å². The SMILES string of the molecule is CCn1c(C2CCN(C(=O)C3CCCc4[nH]ncc43)CC2)n[nH]c1=O. The highest BCUT2D eigenvalue weighted by atomic mass is 16.2. The van der Waals surface area contributed by atoms with Crippen LogP contribution in [-0.2, 0) is 17.8 Å². The van der Waals surface area contributed by atoms with Crippen molar-refractivity contribution in [3.8, 4) is 0 Å². The number of aromatic nitrogens is 5.